The smallest absolute Gasteiger partial charge is 0.274 e. The van der Waals surface area contributed by atoms with Crippen LogP contribution in [0.1, 0.15) is 22.8 Å². The van der Waals surface area contributed by atoms with E-state index >= 15 is 0 Å². The Morgan fingerprint density at radius 3 is 2.38 bits per heavy atom. The first-order valence-electron chi connectivity index (χ1n) is 7.69. The molecule has 0 unspecified atom stereocenters. The van der Waals surface area contributed by atoms with Crippen molar-refractivity contribution in [2.75, 3.05) is 6.54 Å². The van der Waals surface area contributed by atoms with Crippen LogP contribution in [0.4, 0.5) is 0 Å². The summed E-state index contributed by atoms with van der Waals surface area (Å²) in [5, 5.41) is 2.87. The number of nitrogens with one attached hydrogen (secondary N) is 2. The van der Waals surface area contributed by atoms with Crippen LogP contribution >= 0.6 is 0 Å². The van der Waals surface area contributed by atoms with E-state index in [1.165, 1.54) is 5.56 Å². The van der Waals surface area contributed by atoms with E-state index < -0.39 is 12.0 Å². The molecule has 0 aliphatic heterocycles. The molecule has 24 heavy (non-hydrogen) atoms. The molecule has 0 aliphatic rings. The lowest BCUT2D eigenvalue weighted by Crippen LogP contribution is -2.40. The number of carbonyl (C=O) groups is 2. The van der Waals surface area contributed by atoms with E-state index in [1.807, 2.05) is 35.8 Å². The Morgan fingerprint density at radius 2 is 1.75 bits per heavy atom. The number of nitrogens with two attached hydrogens (primary N) is 1. The summed E-state index contributed by atoms with van der Waals surface area (Å²) in [6, 6.07) is 16.6. The minimum Gasteiger partial charge on any atom is -0.481 e. The second-order valence-corrected chi connectivity index (χ2v) is 5.28. The number of amides is 2. The highest BCUT2D eigenvalue weighted by atomic mass is 16.5. The molecule has 0 aromatic heterocycles. The molecule has 0 fully saturated rings. The lowest BCUT2D eigenvalue weighted by molar-refractivity contribution is -0.127. The zero-order valence-electron chi connectivity index (χ0n) is 13.5. The highest BCUT2D eigenvalue weighted by molar-refractivity contribution is 5.94. The van der Waals surface area contributed by atoms with Gasteiger partial charge >= 0.3 is 0 Å². The van der Waals surface area contributed by atoms with Crippen molar-refractivity contribution in [2.45, 2.75) is 19.4 Å². The summed E-state index contributed by atoms with van der Waals surface area (Å²) in [6.45, 7) is 2.15. The molecule has 0 radical (unpaired) electrons. The van der Waals surface area contributed by atoms with Gasteiger partial charge in [0.2, 0.25) is 0 Å². The van der Waals surface area contributed by atoms with E-state index in [0.29, 0.717) is 17.9 Å². The lowest BCUT2D eigenvalue weighted by Gasteiger charge is -2.13. The van der Waals surface area contributed by atoms with Crippen LogP contribution in [0.25, 0.3) is 0 Å². The van der Waals surface area contributed by atoms with Crippen LogP contribution in [0.5, 0.6) is 5.75 Å². The van der Waals surface area contributed by atoms with Crippen LogP contribution in [-0.2, 0) is 11.2 Å². The van der Waals surface area contributed by atoms with Crippen molar-refractivity contribution in [1.82, 2.24) is 10.7 Å². The number of rotatable bonds is 7. The fourth-order valence-electron chi connectivity index (χ4n) is 2.13. The Morgan fingerprint density at radius 1 is 1.08 bits per heavy atom. The molecule has 2 rings (SSSR count). The van der Waals surface area contributed by atoms with Gasteiger partial charge in [-0.05, 0) is 43.2 Å². The summed E-state index contributed by atoms with van der Waals surface area (Å²) in [5.41, 5.74) is 3.73. The van der Waals surface area contributed by atoms with Gasteiger partial charge in [-0.2, -0.15) is 0 Å². The SMILES string of the molecule is C[C@@H](Oc1ccc(C(=O)NCCc2ccccc2)cc1)C(=O)NN. The summed E-state index contributed by atoms with van der Waals surface area (Å²) in [6.07, 6.45) is 0.0694. The summed E-state index contributed by atoms with van der Waals surface area (Å²) in [7, 11) is 0. The van der Waals surface area contributed by atoms with Gasteiger partial charge in [0.05, 0.1) is 0 Å². The summed E-state index contributed by atoms with van der Waals surface area (Å²) >= 11 is 0. The van der Waals surface area contributed by atoms with E-state index in [4.69, 9.17) is 10.6 Å². The lowest BCUT2D eigenvalue weighted by atomic mass is 10.1. The normalized spacial score (nSPS) is 11.4. The van der Waals surface area contributed by atoms with E-state index in [1.54, 1.807) is 31.2 Å². The topological polar surface area (TPSA) is 93.4 Å². The van der Waals surface area contributed by atoms with Gasteiger partial charge in [0.25, 0.3) is 11.8 Å². The average molecular weight is 327 g/mol. The van der Waals surface area contributed by atoms with Crippen LogP contribution in [0.3, 0.4) is 0 Å². The molecule has 2 amide bonds. The van der Waals surface area contributed by atoms with Crippen LogP contribution in [-0.4, -0.2) is 24.5 Å². The Bertz CT molecular complexity index is 672. The standard InChI is InChI=1S/C18H21N3O3/c1-13(17(22)21-19)24-16-9-7-15(8-10-16)18(23)20-12-11-14-5-3-2-4-6-14/h2-10,13H,11-12,19H2,1H3,(H,20,23)(H,21,22)/t13-/m1/s1. The number of carbonyl (C=O) groups excluding carboxylic acids is 2. The monoisotopic (exact) mass is 327 g/mol. The molecule has 0 aliphatic carbocycles. The first kappa shape index (κ1) is 17.5. The number of hydrogen-bond donors (Lipinski definition) is 3. The third kappa shape index (κ3) is 5.10. The van der Waals surface area contributed by atoms with Gasteiger partial charge in [-0.1, -0.05) is 30.3 Å². The van der Waals surface area contributed by atoms with E-state index in [9.17, 15) is 9.59 Å². The van der Waals surface area contributed by atoms with Crippen molar-refractivity contribution >= 4 is 11.8 Å². The highest BCUT2D eigenvalue weighted by Crippen LogP contribution is 2.14. The Kier molecular flexibility index (Phi) is 6.33. The predicted octanol–water partition coefficient (Wildman–Crippen LogP) is 1.42. The molecule has 6 nitrogen and oxygen atoms in total. The summed E-state index contributed by atoms with van der Waals surface area (Å²) in [5.74, 6) is 4.97. The Labute approximate surface area is 141 Å². The summed E-state index contributed by atoms with van der Waals surface area (Å²) in [4.78, 5) is 23.4. The van der Waals surface area contributed by atoms with Crippen LogP contribution in [0.15, 0.2) is 54.6 Å². The predicted molar refractivity (Wildman–Crippen MR) is 91.3 cm³/mol. The van der Waals surface area contributed by atoms with Gasteiger partial charge in [0.1, 0.15) is 5.75 Å². The molecule has 0 heterocycles. The number of benzene rings is 2. The molecule has 0 saturated carbocycles. The van der Waals surface area contributed by atoms with Gasteiger partial charge in [0, 0.05) is 12.1 Å². The first-order chi connectivity index (χ1) is 11.6. The Hall–Kier alpha value is -2.86. The molecule has 0 bridgehead atoms. The molecule has 4 N–H and O–H groups in total. The number of ether oxygens (including phenoxy) is 1. The number of hydrazine groups is 1. The zero-order chi connectivity index (χ0) is 17.4. The van der Waals surface area contributed by atoms with Gasteiger partial charge in [0.15, 0.2) is 6.10 Å². The van der Waals surface area contributed by atoms with Crippen LogP contribution in [0.2, 0.25) is 0 Å². The van der Waals surface area contributed by atoms with Crippen LogP contribution < -0.4 is 21.3 Å². The highest BCUT2D eigenvalue weighted by Gasteiger charge is 2.13. The third-order valence-electron chi connectivity index (χ3n) is 3.48. The maximum atomic E-state index is 12.1. The largest absolute Gasteiger partial charge is 0.481 e. The minimum atomic E-state index is -0.708. The molecule has 2 aromatic rings. The van der Waals surface area contributed by atoms with E-state index in [2.05, 4.69) is 5.32 Å². The molecule has 0 spiro atoms. The van der Waals surface area contributed by atoms with E-state index in [-0.39, 0.29) is 5.91 Å². The van der Waals surface area contributed by atoms with Gasteiger partial charge in [-0.15, -0.1) is 0 Å². The fraction of sp³-hybridized carbons (Fsp3) is 0.222. The van der Waals surface area contributed by atoms with Crippen molar-refractivity contribution in [3.63, 3.8) is 0 Å². The minimum absolute atomic E-state index is 0.148. The first-order valence-corrected chi connectivity index (χ1v) is 7.69. The molecular formula is C18H21N3O3. The molecule has 1 atom stereocenters. The van der Waals surface area contributed by atoms with Crippen molar-refractivity contribution in [3.8, 4) is 5.75 Å². The zero-order valence-corrected chi connectivity index (χ0v) is 13.5. The molecule has 0 saturated heterocycles. The molecular weight excluding hydrogens is 306 g/mol. The maximum Gasteiger partial charge on any atom is 0.274 e. The second-order valence-electron chi connectivity index (χ2n) is 5.28. The van der Waals surface area contributed by atoms with Gasteiger partial charge in [-0.25, -0.2) is 5.84 Å². The van der Waals surface area contributed by atoms with Crippen molar-refractivity contribution in [1.29, 1.82) is 0 Å². The maximum absolute atomic E-state index is 12.1. The summed E-state index contributed by atoms with van der Waals surface area (Å²) < 4.78 is 5.42. The average Bonchev–Trinajstić information content (AvgIpc) is 2.62. The van der Waals surface area contributed by atoms with Crippen molar-refractivity contribution in [2.24, 2.45) is 5.84 Å². The Balaban J connectivity index is 1.83. The van der Waals surface area contributed by atoms with Crippen molar-refractivity contribution < 1.29 is 14.3 Å². The van der Waals surface area contributed by atoms with Crippen LogP contribution in [0, 0.1) is 0 Å². The molecule has 6 heteroatoms. The second kappa shape index (κ2) is 8.69. The van der Waals surface area contributed by atoms with E-state index in [0.717, 1.165) is 6.42 Å². The quantitative estimate of drug-likeness (QED) is 0.407. The number of hydrogen-bond acceptors (Lipinski definition) is 4. The molecule has 126 valence electrons. The third-order valence-corrected chi connectivity index (χ3v) is 3.48. The van der Waals surface area contributed by atoms with Gasteiger partial charge in [-0.3, -0.25) is 15.0 Å². The van der Waals surface area contributed by atoms with Crippen molar-refractivity contribution in [3.05, 3.63) is 65.7 Å². The molecule has 2 aromatic carbocycles. The van der Waals surface area contributed by atoms with Gasteiger partial charge < -0.3 is 10.1 Å². The fourth-order valence-corrected chi connectivity index (χ4v) is 2.13.